The normalized spacial score (nSPS) is 12.7. The largest absolute Gasteiger partial charge is 0.464 e. The fourth-order valence-corrected chi connectivity index (χ4v) is 2.40. The molecule has 0 aliphatic rings. The highest BCUT2D eigenvalue weighted by molar-refractivity contribution is 6.74. The van der Waals surface area contributed by atoms with Crippen molar-refractivity contribution in [2.75, 3.05) is 13.2 Å². The van der Waals surface area contributed by atoms with Gasteiger partial charge in [-0.05, 0) is 31.0 Å². The van der Waals surface area contributed by atoms with E-state index in [9.17, 15) is 0 Å². The molecule has 0 amide bonds. The lowest BCUT2D eigenvalue weighted by Crippen LogP contribution is -2.41. The molecule has 1 heterocycles. The highest BCUT2D eigenvalue weighted by Crippen LogP contribution is 2.36. The zero-order chi connectivity index (χ0) is 14.5. The quantitative estimate of drug-likeness (QED) is 0.571. The summed E-state index contributed by atoms with van der Waals surface area (Å²) in [7, 11) is 0.276. The van der Waals surface area contributed by atoms with E-state index >= 15 is 0 Å². The van der Waals surface area contributed by atoms with E-state index in [1.807, 2.05) is 7.05 Å². The molecule has 0 aliphatic heterocycles. The third-order valence-corrected chi connectivity index (χ3v) is 8.25. The summed E-state index contributed by atoms with van der Waals surface area (Å²) in [6.45, 7) is 12.8. The average Bonchev–Trinajstić information content (AvgIpc) is 2.67. The Kier molecular flexibility index (Phi) is 5.55. The van der Waals surface area contributed by atoms with Crippen molar-refractivity contribution in [3.8, 4) is 6.01 Å². The van der Waals surface area contributed by atoms with E-state index in [4.69, 9.17) is 9.16 Å². The minimum absolute atomic E-state index is 0.280. The number of nitrogens with zero attached hydrogens (tertiary/aromatic N) is 3. The predicted molar refractivity (Wildman–Crippen MR) is 78.9 cm³/mol. The van der Waals surface area contributed by atoms with Crippen LogP contribution < -0.4 is 4.74 Å². The molecule has 0 saturated heterocycles. The first-order chi connectivity index (χ1) is 8.74. The van der Waals surface area contributed by atoms with E-state index in [0.29, 0.717) is 12.6 Å². The molecule has 1 rings (SSSR count). The van der Waals surface area contributed by atoms with E-state index in [1.165, 1.54) is 0 Å². The predicted octanol–water partition coefficient (Wildman–Crippen LogP) is 3.00. The Balaban J connectivity index is 2.14. The Bertz CT molecular complexity index is 385. The van der Waals surface area contributed by atoms with Crippen molar-refractivity contribution in [3.05, 3.63) is 6.33 Å². The molecule has 0 unspecified atom stereocenters. The molecule has 110 valence electrons. The molecule has 0 bridgehead atoms. The van der Waals surface area contributed by atoms with Gasteiger partial charge in [0, 0.05) is 13.7 Å². The van der Waals surface area contributed by atoms with Gasteiger partial charge in [-0.1, -0.05) is 25.9 Å². The van der Waals surface area contributed by atoms with Crippen LogP contribution in [-0.2, 0) is 11.5 Å². The second-order valence-corrected chi connectivity index (χ2v) is 11.2. The molecular formula is C13H27N3O2Si. The smallest absolute Gasteiger partial charge is 0.316 e. The fourth-order valence-electron chi connectivity index (χ4n) is 1.31. The maximum Gasteiger partial charge on any atom is 0.316 e. The van der Waals surface area contributed by atoms with Crippen molar-refractivity contribution in [2.45, 2.75) is 51.7 Å². The Morgan fingerprint density at radius 1 is 1.21 bits per heavy atom. The lowest BCUT2D eigenvalue weighted by atomic mass is 10.2. The highest BCUT2D eigenvalue weighted by atomic mass is 28.4. The van der Waals surface area contributed by atoms with Gasteiger partial charge in [-0.3, -0.25) is 4.57 Å². The fraction of sp³-hybridized carbons (Fsp3) is 0.846. The van der Waals surface area contributed by atoms with Crippen molar-refractivity contribution in [1.29, 1.82) is 0 Å². The van der Waals surface area contributed by atoms with Gasteiger partial charge < -0.3 is 9.16 Å². The van der Waals surface area contributed by atoms with Crippen molar-refractivity contribution in [1.82, 2.24) is 14.8 Å². The number of aryl methyl sites for hydroxylation is 1. The number of hydrogen-bond acceptors (Lipinski definition) is 4. The van der Waals surface area contributed by atoms with Crippen LogP contribution in [0.3, 0.4) is 0 Å². The standard InChI is InChI=1S/C13H27N3O2Si/c1-13(2,3)19(5,6)18-10-8-7-9-17-12-15-14-11-16(12)4/h11H,7-10H2,1-6H3. The Labute approximate surface area is 117 Å². The number of hydrogen-bond donors (Lipinski definition) is 0. The van der Waals surface area contributed by atoms with Crippen LogP contribution in [0.4, 0.5) is 0 Å². The summed E-state index contributed by atoms with van der Waals surface area (Å²) < 4.78 is 13.4. The molecule has 1 aromatic rings. The van der Waals surface area contributed by atoms with Gasteiger partial charge in [0.2, 0.25) is 0 Å². The lowest BCUT2D eigenvalue weighted by molar-refractivity contribution is 0.239. The molecule has 0 saturated carbocycles. The van der Waals surface area contributed by atoms with Crippen molar-refractivity contribution < 1.29 is 9.16 Å². The SMILES string of the molecule is Cn1cnnc1OCCCCO[Si](C)(C)C(C)(C)C. The zero-order valence-corrected chi connectivity index (χ0v) is 14.1. The van der Waals surface area contributed by atoms with Crippen LogP contribution in [0.1, 0.15) is 33.6 Å². The number of ether oxygens (including phenoxy) is 1. The Morgan fingerprint density at radius 2 is 1.84 bits per heavy atom. The molecule has 5 nitrogen and oxygen atoms in total. The van der Waals surface area contributed by atoms with E-state index in [2.05, 4.69) is 44.1 Å². The minimum atomic E-state index is -1.59. The topological polar surface area (TPSA) is 49.2 Å². The number of aromatic nitrogens is 3. The molecule has 0 fully saturated rings. The molecule has 1 aromatic heterocycles. The van der Waals surface area contributed by atoms with Crippen molar-refractivity contribution >= 4 is 8.32 Å². The summed E-state index contributed by atoms with van der Waals surface area (Å²) in [6, 6.07) is 0.574. The first-order valence-corrected chi connectivity index (χ1v) is 9.75. The first kappa shape index (κ1) is 16.2. The van der Waals surface area contributed by atoms with Crippen LogP contribution in [0.15, 0.2) is 6.33 Å². The summed E-state index contributed by atoms with van der Waals surface area (Å²) >= 11 is 0. The van der Waals surface area contributed by atoms with Gasteiger partial charge in [0.15, 0.2) is 8.32 Å². The van der Waals surface area contributed by atoms with Gasteiger partial charge in [0.1, 0.15) is 6.33 Å². The molecule has 0 N–H and O–H groups in total. The van der Waals surface area contributed by atoms with Crippen LogP contribution in [-0.4, -0.2) is 36.3 Å². The average molecular weight is 285 g/mol. The van der Waals surface area contributed by atoms with Gasteiger partial charge >= 0.3 is 6.01 Å². The van der Waals surface area contributed by atoms with Crippen LogP contribution in [0.2, 0.25) is 18.1 Å². The first-order valence-electron chi connectivity index (χ1n) is 6.85. The van der Waals surface area contributed by atoms with Gasteiger partial charge in [0.05, 0.1) is 6.61 Å². The summed E-state index contributed by atoms with van der Waals surface area (Å²) in [6.07, 6.45) is 3.63. The van der Waals surface area contributed by atoms with Crippen LogP contribution in [0, 0.1) is 0 Å². The molecule has 19 heavy (non-hydrogen) atoms. The number of unbranched alkanes of at least 4 members (excludes halogenated alkanes) is 1. The lowest BCUT2D eigenvalue weighted by Gasteiger charge is -2.36. The third kappa shape index (κ3) is 4.95. The van der Waals surface area contributed by atoms with E-state index in [0.717, 1.165) is 19.4 Å². The minimum Gasteiger partial charge on any atom is -0.464 e. The molecule has 0 atom stereocenters. The van der Waals surface area contributed by atoms with E-state index in [-0.39, 0.29) is 5.04 Å². The third-order valence-electron chi connectivity index (χ3n) is 3.71. The van der Waals surface area contributed by atoms with Crippen LogP contribution in [0.25, 0.3) is 0 Å². The van der Waals surface area contributed by atoms with Crippen LogP contribution >= 0.6 is 0 Å². The molecular weight excluding hydrogens is 258 g/mol. The maximum atomic E-state index is 6.11. The summed E-state index contributed by atoms with van der Waals surface area (Å²) in [5, 5.41) is 7.92. The van der Waals surface area contributed by atoms with E-state index < -0.39 is 8.32 Å². The summed E-state index contributed by atoms with van der Waals surface area (Å²) in [5.74, 6) is 0. The number of rotatable bonds is 7. The van der Waals surface area contributed by atoms with Gasteiger partial charge in [0.25, 0.3) is 0 Å². The highest BCUT2D eigenvalue weighted by Gasteiger charge is 2.36. The second kappa shape index (κ2) is 6.52. The van der Waals surface area contributed by atoms with Gasteiger partial charge in [-0.2, -0.15) is 0 Å². The van der Waals surface area contributed by atoms with Gasteiger partial charge in [-0.15, -0.1) is 5.10 Å². The molecule has 0 radical (unpaired) electrons. The maximum absolute atomic E-state index is 6.11. The summed E-state index contributed by atoms with van der Waals surface area (Å²) in [4.78, 5) is 0. The van der Waals surface area contributed by atoms with Gasteiger partial charge in [-0.25, -0.2) is 0 Å². The molecule has 0 aromatic carbocycles. The molecule has 0 aliphatic carbocycles. The zero-order valence-electron chi connectivity index (χ0n) is 13.1. The van der Waals surface area contributed by atoms with E-state index in [1.54, 1.807) is 10.9 Å². The van der Waals surface area contributed by atoms with Crippen molar-refractivity contribution in [2.24, 2.45) is 7.05 Å². The van der Waals surface area contributed by atoms with Crippen molar-refractivity contribution in [3.63, 3.8) is 0 Å². The monoisotopic (exact) mass is 285 g/mol. The molecule has 6 heteroatoms. The Morgan fingerprint density at radius 3 is 2.37 bits per heavy atom. The second-order valence-electron chi connectivity index (χ2n) is 6.39. The van der Waals surface area contributed by atoms with Crippen LogP contribution in [0.5, 0.6) is 6.01 Å². The molecule has 0 spiro atoms. The summed E-state index contributed by atoms with van der Waals surface area (Å²) in [5.41, 5.74) is 0. The Hall–Kier alpha value is -0.883.